The molecule has 5 rings (SSSR count). The molecule has 3 N–H and O–H groups in total. The highest BCUT2D eigenvalue weighted by molar-refractivity contribution is 7.15. The molecule has 0 spiro atoms. The summed E-state index contributed by atoms with van der Waals surface area (Å²) < 4.78 is 39.1. The largest absolute Gasteiger partial charge is 0.481 e. The first-order valence-electron chi connectivity index (χ1n) is 11.4. The molecule has 4 aromatic rings. The van der Waals surface area contributed by atoms with Crippen LogP contribution in [0.1, 0.15) is 43.3 Å². The number of aromatic nitrogens is 5. The number of rotatable bonds is 6. The summed E-state index contributed by atoms with van der Waals surface area (Å²) in [6.45, 7) is 2.18. The number of nitrogens with zero attached hydrogens (tertiary/aromatic N) is 4. The van der Waals surface area contributed by atoms with Gasteiger partial charge in [0.25, 0.3) is 0 Å². The summed E-state index contributed by atoms with van der Waals surface area (Å²) in [7, 11) is 0. The zero-order valence-electron chi connectivity index (χ0n) is 19.3. The number of aliphatic carboxylic acids is 1. The van der Waals surface area contributed by atoms with Crippen LogP contribution in [0.4, 0.5) is 24.8 Å². The van der Waals surface area contributed by atoms with Gasteiger partial charge in [-0.05, 0) is 49.3 Å². The minimum atomic E-state index is -4.57. The average molecular weight is 517 g/mol. The van der Waals surface area contributed by atoms with E-state index in [9.17, 15) is 23.1 Å². The summed E-state index contributed by atoms with van der Waals surface area (Å²) in [6.07, 6.45) is 3.75. The van der Waals surface area contributed by atoms with E-state index in [4.69, 9.17) is 0 Å². The quantitative estimate of drug-likeness (QED) is 0.285. The lowest BCUT2D eigenvalue weighted by atomic mass is 9.70. The fourth-order valence-corrected chi connectivity index (χ4v) is 5.82. The van der Waals surface area contributed by atoms with E-state index in [0.29, 0.717) is 24.0 Å². The molecule has 8 nitrogen and oxygen atoms in total. The maximum atomic E-state index is 13.0. The number of halogens is 3. The van der Waals surface area contributed by atoms with E-state index < -0.39 is 17.8 Å². The molecule has 1 saturated carbocycles. The van der Waals surface area contributed by atoms with E-state index in [1.165, 1.54) is 0 Å². The Kier molecular flexibility index (Phi) is 6.15. The predicted molar refractivity (Wildman–Crippen MR) is 129 cm³/mol. The van der Waals surface area contributed by atoms with Gasteiger partial charge in [-0.2, -0.15) is 18.3 Å². The van der Waals surface area contributed by atoms with Crippen molar-refractivity contribution in [3.8, 4) is 10.4 Å². The van der Waals surface area contributed by atoms with Gasteiger partial charge in [0.05, 0.1) is 27.5 Å². The molecule has 0 radical (unpaired) electrons. The Morgan fingerprint density at radius 3 is 2.75 bits per heavy atom. The van der Waals surface area contributed by atoms with Gasteiger partial charge in [-0.15, -0.1) is 11.3 Å². The second-order valence-corrected chi connectivity index (χ2v) is 10.6. The molecule has 0 amide bonds. The highest BCUT2D eigenvalue weighted by Crippen LogP contribution is 2.43. The van der Waals surface area contributed by atoms with Crippen molar-refractivity contribution >= 4 is 39.8 Å². The van der Waals surface area contributed by atoms with Crippen molar-refractivity contribution < 1.29 is 23.1 Å². The molecule has 0 aliphatic heterocycles. The maximum Gasteiger partial charge on any atom is 0.433 e. The van der Waals surface area contributed by atoms with E-state index in [1.807, 2.05) is 6.07 Å². The topological polar surface area (TPSA) is 117 Å². The number of fused-ring (bicyclic) bond motifs is 1. The molecule has 1 aliphatic carbocycles. The molecule has 12 heteroatoms. The molecule has 1 fully saturated rings. The Labute approximate surface area is 208 Å². The summed E-state index contributed by atoms with van der Waals surface area (Å²) in [5.74, 6) is -1.15. The highest BCUT2D eigenvalue weighted by Gasteiger charge is 2.35. The summed E-state index contributed by atoms with van der Waals surface area (Å²) in [6, 6.07) is 4.38. The van der Waals surface area contributed by atoms with E-state index in [0.717, 1.165) is 52.4 Å². The molecule has 0 bridgehead atoms. The Morgan fingerprint density at radius 1 is 1.25 bits per heavy atom. The fraction of sp³-hybridized carbons (Fsp3) is 0.375. The number of carbonyl (C=O) groups is 1. The number of hydrogen-bond acceptors (Lipinski definition) is 7. The van der Waals surface area contributed by atoms with E-state index in [2.05, 4.69) is 37.4 Å². The lowest BCUT2D eigenvalue weighted by Gasteiger charge is -2.35. The lowest BCUT2D eigenvalue weighted by Crippen LogP contribution is -2.29. The van der Waals surface area contributed by atoms with Crippen molar-refractivity contribution in [3.05, 3.63) is 47.5 Å². The zero-order valence-corrected chi connectivity index (χ0v) is 20.1. The van der Waals surface area contributed by atoms with E-state index >= 15 is 0 Å². The summed E-state index contributed by atoms with van der Waals surface area (Å²) in [4.78, 5) is 24.3. The third kappa shape index (κ3) is 5.03. The molecule has 188 valence electrons. The Morgan fingerprint density at radius 2 is 2.03 bits per heavy atom. The van der Waals surface area contributed by atoms with Gasteiger partial charge in [0, 0.05) is 35.5 Å². The van der Waals surface area contributed by atoms with Crippen LogP contribution < -0.4 is 5.32 Å². The second kappa shape index (κ2) is 9.16. The monoisotopic (exact) mass is 516 g/mol. The van der Waals surface area contributed by atoms with Gasteiger partial charge in [0.1, 0.15) is 5.69 Å². The van der Waals surface area contributed by atoms with Gasteiger partial charge >= 0.3 is 12.1 Å². The number of benzene rings is 1. The van der Waals surface area contributed by atoms with Gasteiger partial charge in [-0.3, -0.25) is 9.89 Å². The molecule has 0 atom stereocenters. The zero-order chi connectivity index (χ0) is 25.5. The van der Waals surface area contributed by atoms with E-state index in [-0.39, 0.29) is 17.3 Å². The number of anilines is 2. The number of carboxylic acids is 1. The molecular formula is C24H23F3N6O2S. The van der Waals surface area contributed by atoms with Crippen LogP contribution in [0, 0.1) is 11.3 Å². The van der Waals surface area contributed by atoms with Crippen molar-refractivity contribution in [2.24, 2.45) is 11.3 Å². The van der Waals surface area contributed by atoms with Crippen LogP contribution in [0.2, 0.25) is 0 Å². The number of H-pyrrole nitrogens is 1. The molecule has 3 heterocycles. The Balaban J connectivity index is 1.40. The van der Waals surface area contributed by atoms with Crippen LogP contribution in [0.5, 0.6) is 0 Å². The summed E-state index contributed by atoms with van der Waals surface area (Å²) in [5.41, 5.74) is 1.02. The average Bonchev–Trinajstić information content (AvgIpc) is 3.48. The number of nitrogens with one attached hydrogen (secondary N) is 2. The van der Waals surface area contributed by atoms with Crippen molar-refractivity contribution in [1.82, 2.24) is 25.1 Å². The second-order valence-electron chi connectivity index (χ2n) is 9.46. The summed E-state index contributed by atoms with van der Waals surface area (Å²) >= 11 is 1.55. The number of carboxylic acid groups (broad SMARTS) is 1. The molecule has 36 heavy (non-hydrogen) atoms. The minimum absolute atomic E-state index is 0.00369. The SMILES string of the molecule is CC1(Cc2ncc(-c3cc(Nc4nccc(C(F)(F)F)n4)cc4[nH]ncc34)s2)CCC(C(=O)O)CC1. The first-order valence-corrected chi connectivity index (χ1v) is 12.2. The standard InChI is InChI=1S/C24H23F3N6O2S/c1-23(5-2-13(3-6-23)21(34)35)10-20-29-12-18(36-20)15-8-14(9-17-16(15)11-30-33-17)31-22-28-7-4-19(32-22)24(25,26)27/h4,7-9,11-13H,2-3,5-6,10H2,1H3,(H,30,33)(H,34,35)(H,28,31,32). The minimum Gasteiger partial charge on any atom is -0.481 e. The molecule has 0 saturated heterocycles. The number of aromatic amines is 1. The van der Waals surface area contributed by atoms with Crippen molar-refractivity contribution in [3.63, 3.8) is 0 Å². The third-order valence-electron chi connectivity index (χ3n) is 6.70. The third-order valence-corrected chi connectivity index (χ3v) is 7.73. The summed E-state index contributed by atoms with van der Waals surface area (Å²) in [5, 5.41) is 21.0. The van der Waals surface area contributed by atoms with Gasteiger partial charge in [-0.1, -0.05) is 6.92 Å². The van der Waals surface area contributed by atoms with Gasteiger partial charge < -0.3 is 10.4 Å². The molecular weight excluding hydrogens is 493 g/mol. The Hall–Kier alpha value is -3.54. The van der Waals surface area contributed by atoms with Crippen LogP contribution >= 0.6 is 11.3 Å². The van der Waals surface area contributed by atoms with E-state index in [1.54, 1.807) is 29.8 Å². The molecule has 3 aromatic heterocycles. The van der Waals surface area contributed by atoms with Crippen molar-refractivity contribution in [2.45, 2.75) is 45.2 Å². The lowest BCUT2D eigenvalue weighted by molar-refractivity contribution is -0.143. The first-order chi connectivity index (χ1) is 17.1. The predicted octanol–water partition coefficient (Wildman–Crippen LogP) is 6.06. The number of thiazole rings is 1. The maximum absolute atomic E-state index is 13.0. The van der Waals surface area contributed by atoms with Crippen molar-refractivity contribution in [2.75, 3.05) is 5.32 Å². The molecule has 1 aliphatic rings. The van der Waals surface area contributed by atoms with Crippen LogP contribution in [0.25, 0.3) is 21.3 Å². The highest BCUT2D eigenvalue weighted by atomic mass is 32.1. The Bertz CT molecular complexity index is 1410. The fourth-order valence-electron chi connectivity index (χ4n) is 4.65. The smallest absolute Gasteiger partial charge is 0.433 e. The van der Waals surface area contributed by atoms with Crippen LogP contribution in [0.15, 0.2) is 36.8 Å². The number of hydrogen-bond donors (Lipinski definition) is 3. The van der Waals surface area contributed by atoms with Gasteiger partial charge in [0.2, 0.25) is 5.95 Å². The van der Waals surface area contributed by atoms with Gasteiger partial charge in [0.15, 0.2) is 0 Å². The van der Waals surface area contributed by atoms with Crippen LogP contribution in [-0.2, 0) is 17.4 Å². The molecule has 1 aromatic carbocycles. The van der Waals surface area contributed by atoms with Crippen molar-refractivity contribution in [1.29, 1.82) is 0 Å². The van der Waals surface area contributed by atoms with Crippen LogP contribution in [0.3, 0.4) is 0 Å². The normalized spacial score (nSPS) is 20.5. The van der Waals surface area contributed by atoms with Gasteiger partial charge in [-0.25, -0.2) is 15.0 Å². The number of alkyl halides is 3. The van der Waals surface area contributed by atoms with Crippen LogP contribution in [-0.4, -0.2) is 36.2 Å². The molecule has 0 unspecified atom stereocenters. The first kappa shape index (κ1) is 24.2.